The van der Waals surface area contributed by atoms with Crippen LogP contribution in [0.15, 0.2) is 53.4 Å². The van der Waals surface area contributed by atoms with E-state index in [9.17, 15) is 4.79 Å². The van der Waals surface area contributed by atoms with Gasteiger partial charge in [-0.1, -0.05) is 18.2 Å². The fourth-order valence-electron chi connectivity index (χ4n) is 2.10. The van der Waals surface area contributed by atoms with E-state index in [4.69, 9.17) is 17.0 Å². The number of benzene rings is 2. The zero-order valence-corrected chi connectivity index (χ0v) is 15.8. The third-order valence-corrected chi connectivity index (χ3v) is 4.43. The Hall–Kier alpha value is -2.25. The van der Waals surface area contributed by atoms with E-state index in [1.54, 1.807) is 37.1 Å². The van der Waals surface area contributed by atoms with Crippen molar-refractivity contribution in [1.82, 2.24) is 5.32 Å². The van der Waals surface area contributed by atoms with Crippen molar-refractivity contribution >= 4 is 46.4 Å². The number of methoxy groups -OCH3 is 1. The van der Waals surface area contributed by atoms with Crippen molar-refractivity contribution in [2.75, 3.05) is 30.0 Å². The van der Waals surface area contributed by atoms with Crippen LogP contribution in [0.3, 0.4) is 0 Å². The molecule has 2 aromatic carbocycles. The molecule has 0 fully saturated rings. The maximum absolute atomic E-state index is 11.2. The van der Waals surface area contributed by atoms with E-state index in [-0.39, 0.29) is 5.91 Å². The molecule has 5 nitrogen and oxygen atoms in total. The molecule has 0 radical (unpaired) electrons. The summed E-state index contributed by atoms with van der Waals surface area (Å²) in [5.41, 5.74) is 1.38. The Labute approximate surface area is 157 Å². The number of ether oxygens (including phenoxy) is 1. The fourth-order valence-corrected chi connectivity index (χ4v) is 3.10. The van der Waals surface area contributed by atoms with Gasteiger partial charge in [-0.15, -0.1) is 11.8 Å². The predicted molar refractivity (Wildman–Crippen MR) is 109 cm³/mol. The Kier molecular flexibility index (Phi) is 7.56. The summed E-state index contributed by atoms with van der Waals surface area (Å²) in [5.74, 6) is 1.42. The number of nitrogens with one attached hydrogen (secondary N) is 3. The van der Waals surface area contributed by atoms with Crippen molar-refractivity contribution in [3.8, 4) is 5.75 Å². The first-order valence-corrected chi connectivity index (χ1v) is 9.16. The van der Waals surface area contributed by atoms with Crippen LogP contribution in [-0.2, 0) is 4.79 Å². The molecule has 0 unspecified atom stereocenters. The monoisotopic (exact) mass is 375 g/mol. The summed E-state index contributed by atoms with van der Waals surface area (Å²) in [7, 11) is 1.59. The van der Waals surface area contributed by atoms with Crippen molar-refractivity contribution in [3.63, 3.8) is 0 Å². The van der Waals surface area contributed by atoms with Crippen molar-refractivity contribution in [2.24, 2.45) is 0 Å². The van der Waals surface area contributed by atoms with Crippen molar-refractivity contribution in [2.45, 2.75) is 11.8 Å². The van der Waals surface area contributed by atoms with Gasteiger partial charge in [-0.2, -0.15) is 0 Å². The Balaban J connectivity index is 1.85. The molecule has 3 N–H and O–H groups in total. The summed E-state index contributed by atoms with van der Waals surface area (Å²) in [6, 6.07) is 15.6. The first-order chi connectivity index (χ1) is 12.1. The molecule has 0 aliphatic rings. The minimum atomic E-state index is -0.130. The lowest BCUT2D eigenvalue weighted by Gasteiger charge is -2.15. The molecule has 0 heterocycles. The quantitative estimate of drug-likeness (QED) is 0.389. The van der Waals surface area contributed by atoms with E-state index in [1.165, 1.54) is 11.8 Å². The Morgan fingerprint density at radius 2 is 1.92 bits per heavy atom. The number of carbonyl (C=O) groups excluding carboxylic acids is 1. The predicted octanol–water partition coefficient (Wildman–Crippen LogP) is 3.73. The highest BCUT2D eigenvalue weighted by atomic mass is 32.2. The first-order valence-electron chi connectivity index (χ1n) is 7.77. The summed E-state index contributed by atoms with van der Waals surface area (Å²) >= 11 is 7.09. The van der Waals surface area contributed by atoms with Gasteiger partial charge in [0.2, 0.25) is 5.91 Å². The smallest absolute Gasteiger partial charge is 0.221 e. The third kappa shape index (κ3) is 6.64. The second kappa shape index (κ2) is 9.90. The van der Waals surface area contributed by atoms with E-state index in [0.717, 1.165) is 12.3 Å². The van der Waals surface area contributed by atoms with Gasteiger partial charge in [0.05, 0.1) is 12.8 Å². The second-order valence-corrected chi connectivity index (χ2v) is 6.72. The molecule has 0 aliphatic carbocycles. The minimum Gasteiger partial charge on any atom is -0.495 e. The second-order valence-electron chi connectivity index (χ2n) is 5.14. The van der Waals surface area contributed by atoms with Gasteiger partial charge in [0.15, 0.2) is 5.11 Å². The zero-order valence-electron chi connectivity index (χ0n) is 14.2. The molecule has 2 aromatic rings. The van der Waals surface area contributed by atoms with Gasteiger partial charge in [0.25, 0.3) is 0 Å². The third-order valence-electron chi connectivity index (χ3n) is 3.17. The SMILES string of the molecule is COc1ccc(NC(C)=O)cc1NC(=S)NCCSc1ccccc1. The maximum atomic E-state index is 11.2. The summed E-state index contributed by atoms with van der Waals surface area (Å²) in [4.78, 5) is 12.4. The molecule has 0 aliphatic heterocycles. The number of hydrogen-bond acceptors (Lipinski definition) is 4. The molecule has 0 bridgehead atoms. The van der Waals surface area contributed by atoms with Gasteiger partial charge < -0.3 is 20.7 Å². The van der Waals surface area contributed by atoms with Gasteiger partial charge >= 0.3 is 0 Å². The van der Waals surface area contributed by atoms with Gasteiger partial charge in [0.1, 0.15) is 5.75 Å². The average molecular weight is 376 g/mol. The number of carbonyl (C=O) groups is 1. The highest BCUT2D eigenvalue weighted by Gasteiger charge is 2.07. The van der Waals surface area contributed by atoms with Crippen LogP contribution >= 0.6 is 24.0 Å². The lowest BCUT2D eigenvalue weighted by atomic mass is 10.2. The molecule has 0 saturated heterocycles. The highest BCUT2D eigenvalue weighted by Crippen LogP contribution is 2.27. The molecular weight excluding hydrogens is 354 g/mol. The Bertz CT molecular complexity index is 724. The van der Waals surface area contributed by atoms with Crippen LogP contribution in [0.1, 0.15) is 6.92 Å². The summed E-state index contributed by atoms with van der Waals surface area (Å²) in [6.45, 7) is 2.20. The van der Waals surface area contributed by atoms with Crippen LogP contribution in [0.4, 0.5) is 11.4 Å². The Morgan fingerprint density at radius 3 is 2.60 bits per heavy atom. The number of anilines is 2. The molecule has 0 atom stereocenters. The fraction of sp³-hybridized carbons (Fsp3) is 0.222. The number of thioether (sulfide) groups is 1. The molecule has 7 heteroatoms. The van der Waals surface area contributed by atoms with Gasteiger partial charge in [-0.25, -0.2) is 0 Å². The Morgan fingerprint density at radius 1 is 1.16 bits per heavy atom. The summed E-state index contributed by atoms with van der Waals surface area (Å²) in [6.07, 6.45) is 0. The van der Waals surface area contributed by atoms with Crippen molar-refractivity contribution < 1.29 is 9.53 Å². The first kappa shape index (κ1) is 19.1. The molecule has 2 rings (SSSR count). The molecular formula is C18H21N3O2S2. The number of thiocarbonyl (C=S) groups is 1. The van der Waals surface area contributed by atoms with Crippen LogP contribution in [-0.4, -0.2) is 30.4 Å². The lowest BCUT2D eigenvalue weighted by molar-refractivity contribution is -0.114. The van der Waals surface area contributed by atoms with Crippen LogP contribution in [0.25, 0.3) is 0 Å². The average Bonchev–Trinajstić information content (AvgIpc) is 2.59. The van der Waals surface area contributed by atoms with Crippen LogP contribution in [0, 0.1) is 0 Å². The van der Waals surface area contributed by atoms with Crippen molar-refractivity contribution in [1.29, 1.82) is 0 Å². The van der Waals surface area contributed by atoms with E-state index in [1.807, 2.05) is 18.2 Å². The van der Waals surface area contributed by atoms with Crippen LogP contribution in [0.2, 0.25) is 0 Å². The molecule has 0 saturated carbocycles. The zero-order chi connectivity index (χ0) is 18.1. The minimum absolute atomic E-state index is 0.130. The largest absolute Gasteiger partial charge is 0.495 e. The van der Waals surface area contributed by atoms with Crippen LogP contribution in [0.5, 0.6) is 5.75 Å². The number of amides is 1. The van der Waals surface area contributed by atoms with Gasteiger partial charge in [-0.05, 0) is 42.5 Å². The number of hydrogen-bond donors (Lipinski definition) is 3. The molecule has 132 valence electrons. The normalized spacial score (nSPS) is 10.0. The van der Waals surface area contributed by atoms with E-state index >= 15 is 0 Å². The van der Waals surface area contributed by atoms with Gasteiger partial charge in [0, 0.05) is 29.8 Å². The van der Waals surface area contributed by atoms with E-state index in [0.29, 0.717) is 22.2 Å². The molecule has 0 spiro atoms. The lowest BCUT2D eigenvalue weighted by Crippen LogP contribution is -2.30. The van der Waals surface area contributed by atoms with E-state index < -0.39 is 0 Å². The van der Waals surface area contributed by atoms with Crippen molar-refractivity contribution in [3.05, 3.63) is 48.5 Å². The summed E-state index contributed by atoms with van der Waals surface area (Å²) in [5, 5.41) is 9.52. The maximum Gasteiger partial charge on any atom is 0.221 e. The molecule has 25 heavy (non-hydrogen) atoms. The number of rotatable bonds is 7. The molecule has 1 amide bonds. The standard InChI is InChI=1S/C18H21N3O2S2/c1-13(22)20-14-8-9-17(23-2)16(12-14)21-18(24)19-10-11-25-15-6-4-3-5-7-15/h3-9,12H,10-11H2,1-2H3,(H,20,22)(H2,19,21,24). The highest BCUT2D eigenvalue weighted by molar-refractivity contribution is 7.99. The van der Waals surface area contributed by atoms with Gasteiger partial charge in [-0.3, -0.25) is 4.79 Å². The summed E-state index contributed by atoms with van der Waals surface area (Å²) < 4.78 is 5.32. The molecule has 0 aromatic heterocycles. The van der Waals surface area contributed by atoms with E-state index in [2.05, 4.69) is 28.1 Å². The van der Waals surface area contributed by atoms with Crippen LogP contribution < -0.4 is 20.7 Å². The topological polar surface area (TPSA) is 62.4 Å².